The molecule has 3 amide bonds. The van der Waals surface area contributed by atoms with E-state index in [9.17, 15) is 19.2 Å². The number of carbonyl (C=O) groups excluding carboxylic acids is 3. The highest BCUT2D eigenvalue weighted by atomic mass is 16.2. The van der Waals surface area contributed by atoms with Crippen molar-refractivity contribution < 1.29 is 14.4 Å². The Kier molecular flexibility index (Phi) is 4.52. The van der Waals surface area contributed by atoms with Crippen molar-refractivity contribution in [1.29, 1.82) is 0 Å². The number of hydrogen-bond acceptors (Lipinski definition) is 4. The lowest BCUT2D eigenvalue weighted by Crippen LogP contribution is -2.59. The fraction of sp³-hybridized carbons (Fsp3) is 0.429. The van der Waals surface area contributed by atoms with Crippen LogP contribution >= 0.6 is 0 Å². The molecule has 1 aromatic heterocycles. The van der Waals surface area contributed by atoms with E-state index >= 15 is 0 Å². The third-order valence-electron chi connectivity index (χ3n) is 3.43. The van der Waals surface area contributed by atoms with Crippen LogP contribution in [0.2, 0.25) is 0 Å². The van der Waals surface area contributed by atoms with Gasteiger partial charge in [-0.05, 0) is 12.5 Å². The van der Waals surface area contributed by atoms with E-state index in [1.165, 1.54) is 15.5 Å². The minimum Gasteiger partial charge on any atom is -0.321 e. The maximum absolute atomic E-state index is 12.2. The van der Waals surface area contributed by atoms with Crippen LogP contribution in [0.4, 0.5) is 0 Å². The summed E-state index contributed by atoms with van der Waals surface area (Å²) in [4.78, 5) is 48.2. The zero-order valence-electron chi connectivity index (χ0n) is 11.7. The van der Waals surface area contributed by atoms with Gasteiger partial charge in [0.2, 0.25) is 17.7 Å². The molecule has 1 N–H and O–H groups in total. The largest absolute Gasteiger partial charge is 0.321 e. The average molecular weight is 291 g/mol. The Balaban J connectivity index is 2.05. The molecule has 1 aliphatic rings. The number of nitrogens with zero attached hydrogens (tertiary/aromatic N) is 2. The van der Waals surface area contributed by atoms with Crippen molar-refractivity contribution in [3.05, 3.63) is 34.7 Å². The summed E-state index contributed by atoms with van der Waals surface area (Å²) in [6, 6.07) is 4.12. The maximum Gasteiger partial charge on any atom is 0.250 e. The summed E-state index contributed by atoms with van der Waals surface area (Å²) in [6.45, 7) is 1.88. The summed E-state index contributed by atoms with van der Waals surface area (Å²) in [5.41, 5.74) is -0.190. The van der Waals surface area contributed by atoms with Crippen LogP contribution in [0.15, 0.2) is 29.2 Å². The smallest absolute Gasteiger partial charge is 0.250 e. The first kappa shape index (κ1) is 15.0. The molecule has 1 fully saturated rings. The second kappa shape index (κ2) is 6.34. The minimum absolute atomic E-state index is 0.0704. The minimum atomic E-state index is -0.623. The van der Waals surface area contributed by atoms with Crippen LogP contribution in [0.25, 0.3) is 0 Å². The number of hydrogen-bond donors (Lipinski definition) is 1. The molecule has 0 aliphatic carbocycles. The van der Waals surface area contributed by atoms with Crippen LogP contribution in [-0.4, -0.2) is 39.8 Å². The van der Waals surface area contributed by atoms with Crippen molar-refractivity contribution in [3.63, 3.8) is 0 Å². The van der Waals surface area contributed by atoms with E-state index in [0.29, 0.717) is 6.42 Å². The van der Waals surface area contributed by atoms with E-state index in [1.807, 2.05) is 0 Å². The summed E-state index contributed by atoms with van der Waals surface area (Å²) in [5.74, 6) is -1.23. The Hall–Kier alpha value is -2.44. The van der Waals surface area contributed by atoms with E-state index in [4.69, 9.17) is 0 Å². The van der Waals surface area contributed by atoms with Crippen molar-refractivity contribution >= 4 is 17.7 Å². The van der Waals surface area contributed by atoms with Gasteiger partial charge < -0.3 is 9.47 Å². The number of amides is 3. The van der Waals surface area contributed by atoms with Crippen LogP contribution in [0, 0.1) is 0 Å². The molecule has 1 unspecified atom stereocenters. The van der Waals surface area contributed by atoms with Crippen LogP contribution in [0.5, 0.6) is 0 Å². The lowest BCUT2D eigenvalue weighted by atomic mass is 10.1. The lowest BCUT2D eigenvalue weighted by molar-refractivity contribution is -0.150. The predicted molar refractivity (Wildman–Crippen MR) is 74.3 cm³/mol. The second-order valence-electron chi connectivity index (χ2n) is 4.84. The predicted octanol–water partition coefficient (Wildman–Crippen LogP) is -0.498. The molecular formula is C14H17N3O4. The third kappa shape index (κ3) is 3.36. The fourth-order valence-corrected chi connectivity index (χ4v) is 2.34. The van der Waals surface area contributed by atoms with Crippen molar-refractivity contribution in [2.75, 3.05) is 6.54 Å². The van der Waals surface area contributed by atoms with Crippen molar-refractivity contribution in [1.82, 2.24) is 14.8 Å². The summed E-state index contributed by atoms with van der Waals surface area (Å²) in [7, 11) is 0. The van der Waals surface area contributed by atoms with E-state index < -0.39 is 17.9 Å². The van der Waals surface area contributed by atoms with E-state index in [-0.39, 0.29) is 31.0 Å². The van der Waals surface area contributed by atoms with Crippen LogP contribution in [-0.2, 0) is 20.9 Å². The number of pyridine rings is 1. The Morgan fingerprint density at radius 1 is 1.33 bits per heavy atom. The van der Waals surface area contributed by atoms with E-state index in [2.05, 4.69) is 5.32 Å². The van der Waals surface area contributed by atoms with Gasteiger partial charge in [0.25, 0.3) is 5.56 Å². The van der Waals surface area contributed by atoms with E-state index in [1.54, 1.807) is 25.3 Å². The number of piperazine rings is 1. The van der Waals surface area contributed by atoms with Crippen molar-refractivity contribution in [3.8, 4) is 0 Å². The van der Waals surface area contributed by atoms with Gasteiger partial charge in [-0.25, -0.2) is 0 Å². The van der Waals surface area contributed by atoms with Gasteiger partial charge in [-0.3, -0.25) is 24.5 Å². The molecule has 1 atom stereocenters. The van der Waals surface area contributed by atoms with Gasteiger partial charge in [-0.15, -0.1) is 0 Å². The Bertz CT molecular complexity index is 623. The molecule has 0 spiro atoms. The number of carbonyl (C=O) groups is 3. The SMILES string of the molecule is CCC1C(=O)NC(=O)CN1C(=O)CCn1ccccc1=O. The molecule has 2 rings (SSSR count). The number of imide groups is 1. The van der Waals surface area contributed by atoms with Crippen molar-refractivity contribution in [2.24, 2.45) is 0 Å². The first-order chi connectivity index (χ1) is 10.0. The van der Waals surface area contributed by atoms with E-state index in [0.717, 1.165) is 0 Å². The second-order valence-corrected chi connectivity index (χ2v) is 4.84. The zero-order valence-corrected chi connectivity index (χ0v) is 11.7. The topological polar surface area (TPSA) is 88.5 Å². The number of rotatable bonds is 4. The van der Waals surface area contributed by atoms with Crippen LogP contribution < -0.4 is 10.9 Å². The molecule has 7 nitrogen and oxygen atoms in total. The van der Waals surface area contributed by atoms with Crippen LogP contribution in [0.3, 0.4) is 0 Å². The maximum atomic E-state index is 12.2. The Morgan fingerprint density at radius 3 is 2.76 bits per heavy atom. The molecule has 1 aliphatic heterocycles. The molecule has 0 saturated carbocycles. The average Bonchev–Trinajstić information content (AvgIpc) is 2.45. The molecule has 0 aromatic carbocycles. The lowest BCUT2D eigenvalue weighted by Gasteiger charge is -2.33. The van der Waals surface area contributed by atoms with Crippen LogP contribution in [0.1, 0.15) is 19.8 Å². The zero-order chi connectivity index (χ0) is 15.4. The molecule has 112 valence electrons. The molecule has 21 heavy (non-hydrogen) atoms. The Morgan fingerprint density at radius 2 is 2.10 bits per heavy atom. The molecule has 0 bridgehead atoms. The van der Waals surface area contributed by atoms with Gasteiger partial charge in [-0.2, -0.15) is 0 Å². The van der Waals surface area contributed by atoms with Gasteiger partial charge in [0.1, 0.15) is 12.6 Å². The summed E-state index contributed by atoms with van der Waals surface area (Å²) >= 11 is 0. The molecule has 7 heteroatoms. The molecular weight excluding hydrogens is 274 g/mol. The third-order valence-corrected chi connectivity index (χ3v) is 3.43. The summed E-state index contributed by atoms with van der Waals surface area (Å²) < 4.78 is 1.42. The van der Waals surface area contributed by atoms with Crippen molar-refractivity contribution in [2.45, 2.75) is 32.4 Å². The highest BCUT2D eigenvalue weighted by Crippen LogP contribution is 2.11. The van der Waals surface area contributed by atoms with Gasteiger partial charge in [0, 0.05) is 25.2 Å². The summed E-state index contributed by atoms with van der Waals surface area (Å²) in [6.07, 6.45) is 2.11. The highest BCUT2D eigenvalue weighted by molar-refractivity contribution is 6.04. The standard InChI is InChI=1S/C14H17N3O4/c1-2-10-14(21)15-11(18)9-17(10)13(20)6-8-16-7-4-3-5-12(16)19/h3-5,7,10H,2,6,8-9H2,1H3,(H,15,18,21). The van der Waals surface area contributed by atoms with Gasteiger partial charge in [0.05, 0.1) is 0 Å². The molecule has 2 heterocycles. The van der Waals surface area contributed by atoms with Gasteiger partial charge >= 0.3 is 0 Å². The molecule has 1 saturated heterocycles. The quantitative estimate of drug-likeness (QED) is 0.758. The normalized spacial score (nSPS) is 18.5. The summed E-state index contributed by atoms with van der Waals surface area (Å²) in [5, 5.41) is 2.22. The molecule has 0 radical (unpaired) electrons. The Labute approximate surface area is 121 Å². The first-order valence-electron chi connectivity index (χ1n) is 6.81. The molecule has 1 aromatic rings. The fourth-order valence-electron chi connectivity index (χ4n) is 2.34. The number of aromatic nitrogens is 1. The number of aryl methyl sites for hydroxylation is 1. The van der Waals surface area contributed by atoms with Gasteiger partial charge in [-0.1, -0.05) is 13.0 Å². The highest BCUT2D eigenvalue weighted by Gasteiger charge is 2.35. The number of nitrogens with one attached hydrogen (secondary N) is 1. The monoisotopic (exact) mass is 291 g/mol. The first-order valence-corrected chi connectivity index (χ1v) is 6.81. The van der Waals surface area contributed by atoms with Gasteiger partial charge in [0.15, 0.2) is 0 Å².